The average molecular weight is 480 g/mol. The molecule has 3 N–H and O–H groups in total. The van der Waals surface area contributed by atoms with Crippen molar-refractivity contribution in [3.8, 4) is 5.75 Å². The molecule has 0 radical (unpaired) electrons. The third-order valence-corrected chi connectivity index (χ3v) is 6.45. The quantitative estimate of drug-likeness (QED) is 0.451. The number of β-amino-alcohol motifs (C(OH)–C–C–N with tert-alkyl or cyclic N) is 1. The number of aromatic nitrogens is 1. The van der Waals surface area contributed by atoms with Crippen LogP contribution in [0.1, 0.15) is 30.1 Å². The van der Waals surface area contributed by atoms with E-state index in [1.165, 1.54) is 0 Å². The van der Waals surface area contributed by atoms with Gasteiger partial charge in [0.05, 0.1) is 18.7 Å². The number of aliphatic hydroxyl groups excluding tert-OH is 1. The average Bonchev–Trinajstić information content (AvgIpc) is 2.88. The second kappa shape index (κ2) is 10.7. The first-order chi connectivity index (χ1) is 16.9. The fourth-order valence-corrected chi connectivity index (χ4v) is 4.37. The number of hydrogen-bond donors (Lipinski definition) is 3. The molecule has 1 aliphatic heterocycles. The molecule has 9 nitrogen and oxygen atoms in total. The molecule has 2 heterocycles. The van der Waals surface area contributed by atoms with E-state index < -0.39 is 23.7 Å². The maximum atomic E-state index is 12.3. The summed E-state index contributed by atoms with van der Waals surface area (Å²) in [7, 11) is 1.58. The Morgan fingerprint density at radius 1 is 1.14 bits per heavy atom. The van der Waals surface area contributed by atoms with Gasteiger partial charge in [0.2, 0.25) is 0 Å². The van der Waals surface area contributed by atoms with Crippen LogP contribution in [0.4, 0.5) is 4.79 Å². The predicted octanol–water partition coefficient (Wildman–Crippen LogP) is 3.12. The van der Waals surface area contributed by atoms with Crippen molar-refractivity contribution in [2.75, 3.05) is 26.7 Å². The number of piperidine rings is 1. The van der Waals surface area contributed by atoms with E-state index in [9.17, 15) is 19.8 Å². The minimum absolute atomic E-state index is 0.0609. The van der Waals surface area contributed by atoms with Crippen LogP contribution in [0.3, 0.4) is 0 Å². The van der Waals surface area contributed by atoms with E-state index in [4.69, 9.17) is 9.47 Å². The Labute approximate surface area is 203 Å². The van der Waals surface area contributed by atoms with E-state index in [2.05, 4.69) is 10.3 Å². The van der Waals surface area contributed by atoms with Crippen molar-refractivity contribution in [3.63, 3.8) is 0 Å². The van der Waals surface area contributed by atoms with E-state index in [1.807, 2.05) is 53.4 Å². The molecule has 184 valence electrons. The summed E-state index contributed by atoms with van der Waals surface area (Å²) in [6.07, 6.45) is 0.487. The lowest BCUT2D eigenvalue weighted by molar-refractivity contribution is -0.147. The molecule has 0 saturated carbocycles. The van der Waals surface area contributed by atoms with Gasteiger partial charge >= 0.3 is 12.1 Å². The molecule has 1 fully saturated rings. The van der Waals surface area contributed by atoms with E-state index in [-0.39, 0.29) is 19.4 Å². The van der Waals surface area contributed by atoms with Crippen molar-refractivity contribution in [1.82, 2.24) is 15.2 Å². The molecule has 1 atom stereocenters. The number of carbonyl (C=O) groups is 2. The van der Waals surface area contributed by atoms with Crippen LogP contribution in [0.5, 0.6) is 5.75 Å². The number of likely N-dealkylation sites (tertiary alicyclic amines) is 1. The smallest absolute Gasteiger partial charge is 0.408 e. The van der Waals surface area contributed by atoms with Gasteiger partial charge in [0, 0.05) is 31.2 Å². The molecule has 1 aromatic heterocycles. The van der Waals surface area contributed by atoms with Crippen molar-refractivity contribution >= 4 is 23.0 Å². The van der Waals surface area contributed by atoms with E-state index in [0.29, 0.717) is 25.4 Å². The number of fused-ring (bicyclic) bond motifs is 1. The number of ether oxygens (including phenoxy) is 2. The fourth-order valence-electron chi connectivity index (χ4n) is 4.37. The van der Waals surface area contributed by atoms with Gasteiger partial charge in [-0.3, -0.25) is 4.98 Å². The van der Waals surface area contributed by atoms with Crippen LogP contribution in [0, 0.1) is 0 Å². The summed E-state index contributed by atoms with van der Waals surface area (Å²) < 4.78 is 10.5. The number of aliphatic carboxylic acids is 1. The van der Waals surface area contributed by atoms with Crippen LogP contribution in [0.15, 0.2) is 60.8 Å². The van der Waals surface area contributed by atoms with E-state index in [1.54, 1.807) is 19.4 Å². The van der Waals surface area contributed by atoms with Crippen LogP contribution in [0.2, 0.25) is 0 Å². The number of nitrogens with zero attached hydrogens (tertiary/aromatic N) is 2. The zero-order valence-electron chi connectivity index (χ0n) is 19.5. The Hall–Kier alpha value is -3.69. The van der Waals surface area contributed by atoms with Crippen LogP contribution < -0.4 is 10.1 Å². The summed E-state index contributed by atoms with van der Waals surface area (Å²) in [4.78, 5) is 30.8. The van der Waals surface area contributed by atoms with E-state index in [0.717, 1.165) is 22.0 Å². The third kappa shape index (κ3) is 5.70. The number of carboxylic acid groups (broad SMARTS) is 1. The number of pyridine rings is 1. The normalized spacial score (nSPS) is 16.4. The second-order valence-electron chi connectivity index (χ2n) is 8.67. The summed E-state index contributed by atoms with van der Waals surface area (Å²) in [6, 6.07) is 16.5. The Morgan fingerprint density at radius 2 is 1.89 bits per heavy atom. The predicted molar refractivity (Wildman–Crippen MR) is 129 cm³/mol. The lowest BCUT2D eigenvalue weighted by atomic mass is 9.87. The van der Waals surface area contributed by atoms with Crippen molar-refractivity contribution in [2.45, 2.75) is 31.1 Å². The maximum Gasteiger partial charge on any atom is 0.408 e. The number of rotatable bonds is 8. The molecular weight excluding hydrogens is 450 g/mol. The van der Waals surface area contributed by atoms with Crippen molar-refractivity contribution in [2.24, 2.45) is 0 Å². The molecule has 2 aromatic carbocycles. The molecule has 1 saturated heterocycles. The summed E-state index contributed by atoms with van der Waals surface area (Å²) in [5, 5.41) is 24.2. The first-order valence-electron chi connectivity index (χ1n) is 11.5. The molecule has 9 heteroatoms. The van der Waals surface area contributed by atoms with Gasteiger partial charge in [-0.1, -0.05) is 30.3 Å². The fraction of sp³-hybridized carbons (Fsp3) is 0.346. The monoisotopic (exact) mass is 479 g/mol. The van der Waals surface area contributed by atoms with Crippen molar-refractivity contribution in [1.29, 1.82) is 0 Å². The highest BCUT2D eigenvalue weighted by atomic mass is 16.5. The molecule has 35 heavy (non-hydrogen) atoms. The van der Waals surface area contributed by atoms with Gasteiger partial charge in [0.1, 0.15) is 17.9 Å². The topological polar surface area (TPSA) is 121 Å². The van der Waals surface area contributed by atoms with Crippen LogP contribution >= 0.6 is 0 Å². The number of hydrogen-bond acceptors (Lipinski definition) is 7. The Kier molecular flexibility index (Phi) is 7.48. The van der Waals surface area contributed by atoms with Crippen molar-refractivity contribution < 1.29 is 29.3 Å². The molecular formula is C26H29N3O6. The molecule has 1 amide bonds. The molecule has 0 bridgehead atoms. The standard InChI is InChI=1S/C26H29N3O6/c1-34-19-7-8-22-21(15-19)20(9-12-27-22)23(30)16-29-13-10-26(11-14-29,24(31)32)28-25(33)35-17-18-5-3-2-4-6-18/h2-9,12,15,23,30H,10-11,13-14,16-17H2,1H3,(H,28,33)(H,31,32)/t23-/m0/s1. The molecule has 1 aliphatic rings. The highest BCUT2D eigenvalue weighted by Gasteiger charge is 2.43. The van der Waals surface area contributed by atoms with Gasteiger partial charge in [-0.2, -0.15) is 0 Å². The molecule has 3 aromatic rings. The largest absolute Gasteiger partial charge is 0.497 e. The lowest BCUT2D eigenvalue weighted by Gasteiger charge is -2.39. The molecule has 0 spiro atoms. The van der Waals surface area contributed by atoms with Gasteiger partial charge < -0.3 is 29.9 Å². The zero-order chi connectivity index (χ0) is 24.8. The Bertz CT molecular complexity index is 1180. The maximum absolute atomic E-state index is 12.3. The van der Waals surface area contributed by atoms with Gasteiger partial charge in [-0.05, 0) is 48.2 Å². The van der Waals surface area contributed by atoms with Crippen molar-refractivity contribution in [3.05, 3.63) is 71.9 Å². The number of aliphatic hydroxyl groups is 1. The second-order valence-corrected chi connectivity index (χ2v) is 8.67. The Balaban J connectivity index is 1.37. The number of nitrogens with one attached hydrogen (secondary N) is 1. The van der Waals surface area contributed by atoms with E-state index >= 15 is 0 Å². The highest BCUT2D eigenvalue weighted by Crippen LogP contribution is 2.29. The van der Waals surface area contributed by atoms with Crippen LogP contribution in [0.25, 0.3) is 10.9 Å². The summed E-state index contributed by atoms with van der Waals surface area (Å²) >= 11 is 0. The van der Waals surface area contributed by atoms with Gasteiger partial charge in [-0.25, -0.2) is 9.59 Å². The lowest BCUT2D eigenvalue weighted by Crippen LogP contribution is -2.60. The SMILES string of the molecule is COc1ccc2nccc([C@@H](O)CN3CCC(NC(=O)OCc4ccccc4)(C(=O)O)CC3)c2c1. The third-order valence-electron chi connectivity index (χ3n) is 6.45. The number of carbonyl (C=O) groups excluding carboxylic acids is 1. The van der Waals surface area contributed by atoms with Gasteiger partial charge in [0.25, 0.3) is 0 Å². The zero-order valence-corrected chi connectivity index (χ0v) is 19.5. The number of methoxy groups -OCH3 is 1. The minimum Gasteiger partial charge on any atom is -0.497 e. The molecule has 4 rings (SSSR count). The number of carboxylic acids is 1. The summed E-state index contributed by atoms with van der Waals surface area (Å²) in [5.74, 6) is -0.421. The van der Waals surface area contributed by atoms with Crippen LogP contribution in [-0.4, -0.2) is 64.4 Å². The first-order valence-corrected chi connectivity index (χ1v) is 11.5. The van der Waals surface area contributed by atoms with Gasteiger partial charge in [0.15, 0.2) is 0 Å². The van der Waals surface area contributed by atoms with Gasteiger partial charge in [-0.15, -0.1) is 0 Å². The molecule has 0 unspecified atom stereocenters. The summed E-state index contributed by atoms with van der Waals surface area (Å²) in [5.41, 5.74) is 0.888. The minimum atomic E-state index is -1.41. The number of amides is 1. The highest BCUT2D eigenvalue weighted by molar-refractivity contribution is 5.85. The molecule has 0 aliphatic carbocycles. The first kappa shape index (κ1) is 24.4. The van der Waals surface area contributed by atoms with Crippen LogP contribution in [-0.2, 0) is 16.1 Å². The Morgan fingerprint density at radius 3 is 2.57 bits per heavy atom. The number of alkyl carbamates (subject to hydrolysis) is 1. The summed E-state index contributed by atoms with van der Waals surface area (Å²) in [6.45, 7) is 1.18. The number of benzene rings is 2.